The Morgan fingerprint density at radius 1 is 1.25 bits per heavy atom. The Labute approximate surface area is 143 Å². The summed E-state index contributed by atoms with van der Waals surface area (Å²) < 4.78 is 0. The van der Waals surface area contributed by atoms with E-state index in [0.29, 0.717) is 12.1 Å². The molecule has 1 aliphatic carbocycles. The number of carbonyl (C=O) groups excluding carboxylic acids is 2. The second kappa shape index (κ2) is 5.57. The van der Waals surface area contributed by atoms with E-state index in [2.05, 4.69) is 16.8 Å². The molecule has 0 aromatic carbocycles. The van der Waals surface area contributed by atoms with Crippen molar-refractivity contribution in [2.75, 3.05) is 6.54 Å². The van der Waals surface area contributed by atoms with Gasteiger partial charge in [-0.25, -0.2) is 0 Å². The third-order valence-electron chi connectivity index (χ3n) is 6.46. The molecule has 0 radical (unpaired) electrons. The first-order valence-electron chi connectivity index (χ1n) is 9.02. The summed E-state index contributed by atoms with van der Waals surface area (Å²) in [4.78, 5) is 33.7. The molecule has 5 heteroatoms. The van der Waals surface area contributed by atoms with Gasteiger partial charge in [-0.05, 0) is 31.4 Å². The molecule has 5 nitrogen and oxygen atoms in total. The van der Waals surface area contributed by atoms with Gasteiger partial charge in [-0.1, -0.05) is 19.8 Å². The fraction of sp³-hybridized carbons (Fsp3) is 0.632. The smallest absolute Gasteiger partial charge is 0.256 e. The van der Waals surface area contributed by atoms with E-state index in [1.54, 1.807) is 19.3 Å². The molecule has 4 atom stereocenters. The fourth-order valence-electron chi connectivity index (χ4n) is 5.46. The number of hydrogen-bond donors (Lipinski definition) is 0. The predicted molar refractivity (Wildman–Crippen MR) is 90.3 cm³/mol. The lowest BCUT2D eigenvalue weighted by Crippen LogP contribution is -2.55. The summed E-state index contributed by atoms with van der Waals surface area (Å²) >= 11 is 0. The number of amides is 2. The molecular weight excluding hydrogens is 302 g/mol. The zero-order chi connectivity index (χ0) is 16.9. The Hall–Kier alpha value is -1.91. The van der Waals surface area contributed by atoms with Crippen molar-refractivity contribution in [1.29, 1.82) is 0 Å². The van der Waals surface area contributed by atoms with Crippen LogP contribution in [-0.2, 0) is 4.79 Å². The zero-order valence-corrected chi connectivity index (χ0v) is 14.4. The highest BCUT2D eigenvalue weighted by Gasteiger charge is 2.60. The number of rotatable bonds is 1. The highest BCUT2D eigenvalue weighted by atomic mass is 16.2. The number of carbonyl (C=O) groups is 2. The molecule has 0 spiro atoms. The Kier molecular flexibility index (Phi) is 3.62. The van der Waals surface area contributed by atoms with Gasteiger partial charge in [-0.2, -0.15) is 0 Å². The molecule has 0 N–H and O–H groups in total. The van der Waals surface area contributed by atoms with E-state index in [0.717, 1.165) is 32.1 Å². The molecule has 0 unspecified atom stereocenters. The second-order valence-corrected chi connectivity index (χ2v) is 7.81. The van der Waals surface area contributed by atoms with Gasteiger partial charge in [0.25, 0.3) is 5.91 Å². The highest BCUT2D eigenvalue weighted by Crippen LogP contribution is 2.53. The average molecular weight is 327 g/mol. The van der Waals surface area contributed by atoms with E-state index < -0.39 is 0 Å². The molecule has 2 bridgehead atoms. The number of likely N-dealkylation sites (tertiary alicyclic amines) is 2. The molecule has 3 fully saturated rings. The van der Waals surface area contributed by atoms with E-state index in [1.807, 2.05) is 17.0 Å². The van der Waals surface area contributed by atoms with Gasteiger partial charge in [-0.15, -0.1) is 0 Å². The van der Waals surface area contributed by atoms with Crippen molar-refractivity contribution >= 4 is 11.8 Å². The Morgan fingerprint density at radius 3 is 2.67 bits per heavy atom. The summed E-state index contributed by atoms with van der Waals surface area (Å²) in [7, 11) is 0. The first-order valence-corrected chi connectivity index (χ1v) is 9.02. The van der Waals surface area contributed by atoms with Crippen LogP contribution in [-0.4, -0.2) is 51.3 Å². The van der Waals surface area contributed by atoms with Gasteiger partial charge in [0.15, 0.2) is 0 Å². The van der Waals surface area contributed by atoms with Crippen molar-refractivity contribution in [3.63, 3.8) is 0 Å². The minimum Gasteiger partial charge on any atom is -0.337 e. The first-order chi connectivity index (χ1) is 11.5. The molecule has 24 heavy (non-hydrogen) atoms. The number of hydrogen-bond acceptors (Lipinski definition) is 3. The van der Waals surface area contributed by atoms with Gasteiger partial charge in [0.05, 0.1) is 11.6 Å². The number of pyridine rings is 1. The SMILES string of the molecule is CC(=O)N1C[C@@H]2C[C@@]3(C)[C@H](CCCC[C@@H]13)N2C(=O)c1cccnc1. The van der Waals surface area contributed by atoms with Crippen LogP contribution in [0, 0.1) is 5.41 Å². The Balaban J connectivity index is 1.75. The fourth-order valence-corrected chi connectivity index (χ4v) is 5.46. The third-order valence-corrected chi connectivity index (χ3v) is 6.46. The Morgan fingerprint density at radius 2 is 2.00 bits per heavy atom. The standard InChI is InChI=1S/C19H25N3O2/c1-13(23)21-12-15-10-19(2)16(21)7-3-4-8-17(19)22(15)18(24)14-6-5-9-20-11-14/h5-6,9,11,15-17H,3-4,7-8,10,12H2,1-2H3/t15-,16+,17-,19+/m0/s1. The summed E-state index contributed by atoms with van der Waals surface area (Å²) in [5.41, 5.74) is 0.673. The predicted octanol–water partition coefficient (Wildman–Crippen LogP) is 2.48. The van der Waals surface area contributed by atoms with Crippen molar-refractivity contribution in [1.82, 2.24) is 14.8 Å². The lowest BCUT2D eigenvalue weighted by atomic mass is 9.71. The van der Waals surface area contributed by atoms with Crippen LogP contribution in [0.25, 0.3) is 0 Å². The van der Waals surface area contributed by atoms with E-state index in [-0.39, 0.29) is 35.4 Å². The maximum Gasteiger partial charge on any atom is 0.256 e. The largest absolute Gasteiger partial charge is 0.337 e. The molecule has 2 aliphatic heterocycles. The van der Waals surface area contributed by atoms with E-state index in [4.69, 9.17) is 0 Å². The maximum absolute atomic E-state index is 13.2. The topological polar surface area (TPSA) is 53.5 Å². The van der Waals surface area contributed by atoms with Crippen molar-refractivity contribution in [3.05, 3.63) is 30.1 Å². The number of fused-ring (bicyclic) bond motifs is 1. The Bertz CT molecular complexity index is 662. The third kappa shape index (κ3) is 2.17. The van der Waals surface area contributed by atoms with Crippen molar-refractivity contribution in [2.45, 2.75) is 64.1 Å². The van der Waals surface area contributed by atoms with Crippen LogP contribution in [0.3, 0.4) is 0 Å². The van der Waals surface area contributed by atoms with Gasteiger partial charge in [0.1, 0.15) is 0 Å². The maximum atomic E-state index is 13.2. The molecule has 3 heterocycles. The lowest BCUT2D eigenvalue weighted by molar-refractivity contribution is -0.136. The molecule has 2 amide bonds. The minimum atomic E-state index is 0.0168. The normalized spacial score (nSPS) is 34.8. The molecule has 128 valence electrons. The molecule has 1 aromatic rings. The van der Waals surface area contributed by atoms with Crippen LogP contribution < -0.4 is 0 Å². The van der Waals surface area contributed by atoms with Crippen LogP contribution in [0.2, 0.25) is 0 Å². The van der Waals surface area contributed by atoms with Gasteiger partial charge < -0.3 is 9.80 Å². The van der Waals surface area contributed by atoms with Crippen LogP contribution in [0.1, 0.15) is 56.3 Å². The number of nitrogens with zero attached hydrogens (tertiary/aromatic N) is 3. The second-order valence-electron chi connectivity index (χ2n) is 7.81. The summed E-state index contributed by atoms with van der Waals surface area (Å²) in [5.74, 6) is 0.222. The van der Waals surface area contributed by atoms with Crippen LogP contribution in [0.4, 0.5) is 0 Å². The van der Waals surface area contributed by atoms with Gasteiger partial charge in [-0.3, -0.25) is 14.6 Å². The van der Waals surface area contributed by atoms with E-state index in [9.17, 15) is 9.59 Å². The number of aromatic nitrogens is 1. The van der Waals surface area contributed by atoms with Crippen molar-refractivity contribution in [2.24, 2.45) is 5.41 Å². The monoisotopic (exact) mass is 327 g/mol. The van der Waals surface area contributed by atoms with Crippen LogP contribution in [0.5, 0.6) is 0 Å². The molecule has 1 aromatic heterocycles. The van der Waals surface area contributed by atoms with Gasteiger partial charge >= 0.3 is 0 Å². The quantitative estimate of drug-likeness (QED) is 0.796. The average Bonchev–Trinajstić information content (AvgIpc) is 2.69. The summed E-state index contributed by atoms with van der Waals surface area (Å²) in [6.07, 6.45) is 8.74. The molecule has 4 rings (SSSR count). The van der Waals surface area contributed by atoms with E-state index in [1.165, 1.54) is 0 Å². The van der Waals surface area contributed by atoms with Crippen molar-refractivity contribution in [3.8, 4) is 0 Å². The molecule has 2 saturated heterocycles. The van der Waals surface area contributed by atoms with Crippen molar-refractivity contribution < 1.29 is 9.59 Å². The van der Waals surface area contributed by atoms with Crippen LogP contribution in [0.15, 0.2) is 24.5 Å². The minimum absolute atomic E-state index is 0.0168. The molecule has 1 saturated carbocycles. The van der Waals surface area contributed by atoms with Gasteiger partial charge in [0, 0.05) is 43.4 Å². The molecular formula is C19H25N3O2. The summed E-state index contributed by atoms with van der Waals surface area (Å²) in [6, 6.07) is 4.29. The summed E-state index contributed by atoms with van der Waals surface area (Å²) in [5, 5.41) is 0. The highest BCUT2D eigenvalue weighted by molar-refractivity contribution is 5.94. The lowest BCUT2D eigenvalue weighted by Gasteiger charge is -2.46. The summed E-state index contributed by atoms with van der Waals surface area (Å²) in [6.45, 7) is 4.64. The van der Waals surface area contributed by atoms with Crippen LogP contribution >= 0.6 is 0 Å². The zero-order valence-electron chi connectivity index (χ0n) is 14.4. The number of piperidine rings is 1. The van der Waals surface area contributed by atoms with E-state index >= 15 is 0 Å². The van der Waals surface area contributed by atoms with Gasteiger partial charge in [0.2, 0.25) is 5.91 Å². The molecule has 3 aliphatic rings. The first kappa shape index (κ1) is 15.6.